The van der Waals surface area contributed by atoms with E-state index in [1.165, 1.54) is 0 Å². The van der Waals surface area contributed by atoms with Crippen LogP contribution in [0.3, 0.4) is 0 Å². The normalized spacial score (nSPS) is 12.4. The maximum Gasteiger partial charge on any atom is 0.160 e. The summed E-state index contributed by atoms with van der Waals surface area (Å²) >= 11 is 12.0. The highest BCUT2D eigenvalue weighted by Gasteiger charge is 2.14. The van der Waals surface area contributed by atoms with E-state index in [0.717, 1.165) is 5.69 Å². The van der Waals surface area contributed by atoms with Crippen LogP contribution in [0.25, 0.3) is 0 Å². The van der Waals surface area contributed by atoms with Crippen molar-refractivity contribution in [3.63, 3.8) is 0 Å². The molecule has 0 aliphatic rings. The van der Waals surface area contributed by atoms with Gasteiger partial charge in [-0.3, -0.25) is 0 Å². The number of hydrogen-bond acceptors (Lipinski definition) is 3. The highest BCUT2D eigenvalue weighted by molar-refractivity contribution is 6.36. The molecule has 1 aromatic carbocycles. The molecule has 1 rings (SSSR count). The zero-order chi connectivity index (χ0) is 12.3. The van der Waals surface area contributed by atoms with Crippen LogP contribution >= 0.6 is 23.2 Å². The van der Waals surface area contributed by atoms with Crippen LogP contribution in [-0.4, -0.2) is 26.7 Å². The van der Waals surface area contributed by atoms with Crippen LogP contribution < -0.4 is 15.4 Å². The number of nitrogens with two attached hydrogens (primary N) is 1. The Morgan fingerprint density at radius 2 is 2.06 bits per heavy atom. The van der Waals surface area contributed by atoms with Crippen molar-refractivity contribution in [1.82, 2.24) is 0 Å². The Bertz CT molecular complexity index is 369. The Morgan fingerprint density at radius 3 is 2.56 bits per heavy atom. The summed E-state index contributed by atoms with van der Waals surface area (Å²) in [7, 11) is 3.51. The lowest BCUT2D eigenvalue weighted by atomic mass is 10.2. The molecule has 0 bridgehead atoms. The molecule has 5 heteroatoms. The molecule has 90 valence electrons. The maximum atomic E-state index is 6.05. The van der Waals surface area contributed by atoms with Crippen molar-refractivity contribution in [3.05, 3.63) is 22.2 Å². The summed E-state index contributed by atoms with van der Waals surface area (Å²) in [6.45, 7) is 2.64. The second kappa shape index (κ2) is 5.62. The first kappa shape index (κ1) is 13.4. The molecule has 0 spiro atoms. The fourth-order valence-corrected chi connectivity index (χ4v) is 2.12. The predicted octanol–water partition coefficient (Wildman–Crippen LogP) is 2.79. The van der Waals surface area contributed by atoms with Gasteiger partial charge in [0.2, 0.25) is 0 Å². The monoisotopic (exact) mass is 262 g/mol. The fraction of sp³-hybridized carbons (Fsp3) is 0.455. The largest absolute Gasteiger partial charge is 0.493 e. The van der Waals surface area contributed by atoms with E-state index in [2.05, 4.69) is 0 Å². The fourth-order valence-electron chi connectivity index (χ4n) is 1.56. The third kappa shape index (κ3) is 3.17. The Labute approximate surface area is 106 Å². The van der Waals surface area contributed by atoms with Crippen LogP contribution in [0.1, 0.15) is 6.92 Å². The molecule has 3 nitrogen and oxygen atoms in total. The zero-order valence-corrected chi connectivity index (χ0v) is 11.1. The van der Waals surface area contributed by atoms with E-state index in [0.29, 0.717) is 22.3 Å². The lowest BCUT2D eigenvalue weighted by molar-refractivity contribution is 0.415. The Balaban J connectivity index is 3.10. The van der Waals surface area contributed by atoms with Crippen LogP contribution in [0.2, 0.25) is 10.0 Å². The molecule has 0 aliphatic heterocycles. The van der Waals surface area contributed by atoms with Crippen LogP contribution in [0.15, 0.2) is 12.1 Å². The van der Waals surface area contributed by atoms with E-state index in [1.807, 2.05) is 24.9 Å². The minimum Gasteiger partial charge on any atom is -0.493 e. The summed E-state index contributed by atoms with van der Waals surface area (Å²) < 4.78 is 5.26. The van der Waals surface area contributed by atoms with Crippen molar-refractivity contribution in [1.29, 1.82) is 0 Å². The molecule has 1 aromatic rings. The van der Waals surface area contributed by atoms with Gasteiger partial charge in [-0.25, -0.2) is 0 Å². The number of nitrogens with zero attached hydrogens (tertiary/aromatic N) is 1. The first-order chi connectivity index (χ1) is 7.45. The average molecular weight is 263 g/mol. The number of methoxy groups -OCH3 is 1. The van der Waals surface area contributed by atoms with Crippen molar-refractivity contribution < 1.29 is 4.74 Å². The quantitative estimate of drug-likeness (QED) is 0.907. The van der Waals surface area contributed by atoms with Gasteiger partial charge in [0.05, 0.1) is 17.8 Å². The van der Waals surface area contributed by atoms with Gasteiger partial charge < -0.3 is 15.4 Å². The second-order valence-electron chi connectivity index (χ2n) is 3.80. The molecule has 0 saturated heterocycles. The molecular formula is C11H16Cl2N2O. The molecule has 1 unspecified atom stereocenters. The number of ether oxygens (including phenoxy) is 1. The van der Waals surface area contributed by atoms with E-state index in [9.17, 15) is 0 Å². The topological polar surface area (TPSA) is 38.5 Å². The summed E-state index contributed by atoms with van der Waals surface area (Å²) in [4.78, 5) is 1.97. The van der Waals surface area contributed by atoms with Crippen molar-refractivity contribution in [2.45, 2.75) is 13.0 Å². The first-order valence-electron chi connectivity index (χ1n) is 4.95. The third-order valence-corrected chi connectivity index (χ3v) is 2.66. The van der Waals surface area contributed by atoms with Gasteiger partial charge in [0, 0.05) is 24.7 Å². The number of halogens is 2. The van der Waals surface area contributed by atoms with E-state index in [-0.39, 0.29) is 6.04 Å². The highest BCUT2D eigenvalue weighted by Crippen LogP contribution is 2.37. The smallest absolute Gasteiger partial charge is 0.160 e. The zero-order valence-electron chi connectivity index (χ0n) is 9.63. The van der Waals surface area contributed by atoms with Gasteiger partial charge in [-0.15, -0.1) is 0 Å². The predicted molar refractivity (Wildman–Crippen MR) is 69.9 cm³/mol. The molecule has 0 saturated carbocycles. The Hall–Kier alpha value is -0.640. The molecule has 0 heterocycles. The number of likely N-dealkylation sites (N-methyl/N-ethyl adjacent to an activating group) is 1. The van der Waals surface area contributed by atoms with Gasteiger partial charge in [-0.05, 0) is 19.1 Å². The number of benzene rings is 1. The van der Waals surface area contributed by atoms with Crippen LogP contribution in [0, 0.1) is 0 Å². The van der Waals surface area contributed by atoms with Gasteiger partial charge in [-0.1, -0.05) is 23.2 Å². The summed E-state index contributed by atoms with van der Waals surface area (Å²) in [5.74, 6) is 0.620. The number of anilines is 1. The molecule has 2 N–H and O–H groups in total. The van der Waals surface area contributed by atoms with Gasteiger partial charge in [0.15, 0.2) is 5.75 Å². The molecule has 0 fully saturated rings. The SMILES string of the molecule is COc1c(Cl)cc(Cl)cc1N(C)CC(C)N. The summed E-state index contributed by atoms with van der Waals surface area (Å²) in [5, 5.41) is 1.08. The number of rotatable bonds is 4. The molecule has 0 amide bonds. The van der Waals surface area contributed by atoms with Crippen molar-refractivity contribution >= 4 is 28.9 Å². The third-order valence-electron chi connectivity index (χ3n) is 2.17. The maximum absolute atomic E-state index is 6.05. The lowest BCUT2D eigenvalue weighted by Crippen LogP contribution is -2.33. The Morgan fingerprint density at radius 1 is 1.44 bits per heavy atom. The van der Waals surface area contributed by atoms with Crippen LogP contribution in [0.5, 0.6) is 5.75 Å². The van der Waals surface area contributed by atoms with E-state index >= 15 is 0 Å². The van der Waals surface area contributed by atoms with E-state index in [1.54, 1.807) is 13.2 Å². The minimum atomic E-state index is 0.0625. The molecule has 0 radical (unpaired) electrons. The highest BCUT2D eigenvalue weighted by atomic mass is 35.5. The first-order valence-corrected chi connectivity index (χ1v) is 5.71. The van der Waals surface area contributed by atoms with Crippen LogP contribution in [-0.2, 0) is 0 Å². The molecule has 0 aliphatic carbocycles. The van der Waals surface area contributed by atoms with Gasteiger partial charge in [0.25, 0.3) is 0 Å². The van der Waals surface area contributed by atoms with E-state index < -0.39 is 0 Å². The van der Waals surface area contributed by atoms with Crippen molar-refractivity contribution in [3.8, 4) is 5.75 Å². The van der Waals surface area contributed by atoms with Gasteiger partial charge in [-0.2, -0.15) is 0 Å². The lowest BCUT2D eigenvalue weighted by Gasteiger charge is -2.24. The average Bonchev–Trinajstić information content (AvgIpc) is 2.15. The summed E-state index contributed by atoms with van der Waals surface area (Å²) in [5.41, 5.74) is 6.59. The van der Waals surface area contributed by atoms with Gasteiger partial charge in [0.1, 0.15) is 0 Å². The van der Waals surface area contributed by atoms with E-state index in [4.69, 9.17) is 33.7 Å². The molecule has 16 heavy (non-hydrogen) atoms. The molecule has 1 atom stereocenters. The van der Waals surface area contributed by atoms with Crippen molar-refractivity contribution in [2.24, 2.45) is 5.73 Å². The van der Waals surface area contributed by atoms with Crippen LogP contribution in [0.4, 0.5) is 5.69 Å². The van der Waals surface area contributed by atoms with Crippen molar-refractivity contribution in [2.75, 3.05) is 25.6 Å². The molecular weight excluding hydrogens is 247 g/mol. The number of hydrogen-bond donors (Lipinski definition) is 1. The minimum absolute atomic E-state index is 0.0625. The summed E-state index contributed by atoms with van der Waals surface area (Å²) in [6, 6.07) is 3.53. The van der Waals surface area contributed by atoms with Gasteiger partial charge >= 0.3 is 0 Å². The Kier molecular flexibility index (Phi) is 4.71. The molecule has 0 aromatic heterocycles. The summed E-state index contributed by atoms with van der Waals surface area (Å²) in [6.07, 6.45) is 0. The second-order valence-corrected chi connectivity index (χ2v) is 4.64. The standard InChI is InChI=1S/C11H16Cl2N2O/c1-7(14)6-15(2)10-5-8(12)4-9(13)11(10)16-3/h4-5,7H,6,14H2,1-3H3.